The molecular formula is C19H24N2O. The first-order valence-electron chi connectivity index (χ1n) is 7.95. The first-order chi connectivity index (χ1) is 10.8. The molecule has 0 saturated carbocycles. The van der Waals surface area contributed by atoms with E-state index in [2.05, 4.69) is 41.8 Å². The Morgan fingerprint density at radius 2 is 1.59 bits per heavy atom. The predicted octanol–water partition coefficient (Wildman–Crippen LogP) is 4.39. The van der Waals surface area contributed by atoms with Crippen LogP contribution in [-0.4, -0.2) is 12.6 Å². The lowest BCUT2D eigenvalue weighted by Crippen LogP contribution is -2.30. The highest BCUT2D eigenvalue weighted by Gasteiger charge is 2.01. The number of unbranched alkanes of at least 4 members (excludes halogenated alkanes) is 1. The van der Waals surface area contributed by atoms with E-state index in [9.17, 15) is 4.79 Å². The third kappa shape index (κ3) is 5.60. The van der Waals surface area contributed by atoms with E-state index in [1.807, 2.05) is 30.3 Å². The number of rotatable bonds is 7. The van der Waals surface area contributed by atoms with Crippen LogP contribution < -0.4 is 10.6 Å². The molecule has 0 heterocycles. The Morgan fingerprint density at radius 3 is 2.27 bits per heavy atom. The smallest absolute Gasteiger partial charge is 0.319 e. The highest BCUT2D eigenvalue weighted by atomic mass is 16.2. The molecule has 0 saturated heterocycles. The summed E-state index contributed by atoms with van der Waals surface area (Å²) in [4.78, 5) is 11.8. The Hall–Kier alpha value is -2.29. The highest BCUT2D eigenvalue weighted by molar-refractivity contribution is 5.89. The molecule has 0 fully saturated rings. The van der Waals surface area contributed by atoms with Crippen molar-refractivity contribution in [3.05, 3.63) is 65.7 Å². The van der Waals surface area contributed by atoms with E-state index in [0.29, 0.717) is 6.54 Å². The van der Waals surface area contributed by atoms with Crippen LogP contribution in [0.1, 0.15) is 30.9 Å². The molecule has 2 amide bonds. The number of carbonyl (C=O) groups excluding carboxylic acids is 1. The van der Waals surface area contributed by atoms with Crippen LogP contribution in [0.15, 0.2) is 54.6 Å². The first kappa shape index (κ1) is 16.1. The summed E-state index contributed by atoms with van der Waals surface area (Å²) < 4.78 is 0. The summed E-state index contributed by atoms with van der Waals surface area (Å²) >= 11 is 0. The van der Waals surface area contributed by atoms with Gasteiger partial charge in [-0.25, -0.2) is 4.79 Å². The lowest BCUT2D eigenvalue weighted by molar-refractivity contribution is 0.252. The molecule has 0 unspecified atom stereocenters. The standard InChI is InChI=1S/C19H24N2O/c1-2-3-7-17-10-12-18(13-11-17)21-19(22)20-15-14-16-8-5-4-6-9-16/h4-6,8-13H,2-3,7,14-15H2,1H3,(H2,20,21,22). The highest BCUT2D eigenvalue weighted by Crippen LogP contribution is 2.11. The van der Waals surface area contributed by atoms with Crippen LogP contribution in [0.25, 0.3) is 0 Å². The first-order valence-corrected chi connectivity index (χ1v) is 7.95. The van der Waals surface area contributed by atoms with Gasteiger partial charge in [-0.1, -0.05) is 55.8 Å². The number of nitrogens with one attached hydrogen (secondary N) is 2. The molecule has 3 nitrogen and oxygen atoms in total. The van der Waals surface area contributed by atoms with E-state index >= 15 is 0 Å². The largest absolute Gasteiger partial charge is 0.338 e. The Labute approximate surface area is 132 Å². The molecule has 0 radical (unpaired) electrons. The monoisotopic (exact) mass is 296 g/mol. The number of aryl methyl sites for hydroxylation is 1. The summed E-state index contributed by atoms with van der Waals surface area (Å²) in [5.41, 5.74) is 3.37. The Balaban J connectivity index is 1.72. The average molecular weight is 296 g/mol. The number of carbonyl (C=O) groups is 1. The fourth-order valence-corrected chi connectivity index (χ4v) is 2.28. The maximum Gasteiger partial charge on any atom is 0.319 e. The van der Waals surface area contributed by atoms with Crippen LogP contribution in [-0.2, 0) is 12.8 Å². The van der Waals surface area contributed by atoms with Gasteiger partial charge in [0.2, 0.25) is 0 Å². The fraction of sp³-hybridized carbons (Fsp3) is 0.316. The van der Waals surface area contributed by atoms with Gasteiger partial charge in [0.05, 0.1) is 0 Å². The molecule has 0 atom stereocenters. The molecule has 0 aromatic heterocycles. The van der Waals surface area contributed by atoms with Gasteiger partial charge in [-0.15, -0.1) is 0 Å². The molecule has 0 aliphatic carbocycles. The van der Waals surface area contributed by atoms with Crippen molar-refractivity contribution in [2.75, 3.05) is 11.9 Å². The van der Waals surface area contributed by atoms with Gasteiger partial charge < -0.3 is 10.6 Å². The summed E-state index contributed by atoms with van der Waals surface area (Å²) in [5, 5.41) is 5.74. The quantitative estimate of drug-likeness (QED) is 0.781. The minimum absolute atomic E-state index is 0.155. The van der Waals surface area contributed by atoms with Gasteiger partial charge in [0.15, 0.2) is 0 Å². The van der Waals surface area contributed by atoms with Crippen molar-refractivity contribution in [3.63, 3.8) is 0 Å². The van der Waals surface area contributed by atoms with Gasteiger partial charge in [-0.05, 0) is 42.5 Å². The van der Waals surface area contributed by atoms with E-state index in [0.717, 1.165) is 18.5 Å². The molecule has 116 valence electrons. The zero-order valence-electron chi connectivity index (χ0n) is 13.1. The molecule has 22 heavy (non-hydrogen) atoms. The fourth-order valence-electron chi connectivity index (χ4n) is 2.28. The lowest BCUT2D eigenvalue weighted by atomic mass is 10.1. The number of benzene rings is 2. The van der Waals surface area contributed by atoms with Crippen LogP contribution in [0.5, 0.6) is 0 Å². The van der Waals surface area contributed by atoms with E-state index in [-0.39, 0.29) is 6.03 Å². The molecule has 0 spiro atoms. The van der Waals surface area contributed by atoms with Crippen LogP contribution >= 0.6 is 0 Å². The zero-order valence-corrected chi connectivity index (χ0v) is 13.1. The van der Waals surface area contributed by atoms with Gasteiger partial charge in [0, 0.05) is 12.2 Å². The molecule has 0 bridgehead atoms. The van der Waals surface area contributed by atoms with Crippen molar-refractivity contribution < 1.29 is 4.79 Å². The molecule has 0 aliphatic heterocycles. The minimum Gasteiger partial charge on any atom is -0.338 e. The summed E-state index contributed by atoms with van der Waals surface area (Å²) in [5.74, 6) is 0. The molecular weight excluding hydrogens is 272 g/mol. The van der Waals surface area contributed by atoms with Gasteiger partial charge in [-0.3, -0.25) is 0 Å². The zero-order chi connectivity index (χ0) is 15.6. The summed E-state index contributed by atoms with van der Waals surface area (Å²) in [6, 6.07) is 18.1. The van der Waals surface area contributed by atoms with Crippen molar-refractivity contribution in [3.8, 4) is 0 Å². The lowest BCUT2D eigenvalue weighted by Gasteiger charge is -2.08. The Kier molecular flexibility index (Phi) is 6.49. The molecule has 2 N–H and O–H groups in total. The second kappa shape index (κ2) is 8.88. The van der Waals surface area contributed by atoms with Gasteiger partial charge in [-0.2, -0.15) is 0 Å². The third-order valence-corrected chi connectivity index (χ3v) is 3.57. The van der Waals surface area contributed by atoms with Crippen LogP contribution in [0.4, 0.5) is 10.5 Å². The average Bonchev–Trinajstić information content (AvgIpc) is 2.55. The molecule has 0 aliphatic rings. The van der Waals surface area contributed by atoms with E-state index in [1.165, 1.54) is 24.0 Å². The maximum absolute atomic E-state index is 11.8. The summed E-state index contributed by atoms with van der Waals surface area (Å²) in [6.45, 7) is 2.82. The van der Waals surface area contributed by atoms with Crippen LogP contribution in [0.3, 0.4) is 0 Å². The summed E-state index contributed by atoms with van der Waals surface area (Å²) in [7, 11) is 0. The Morgan fingerprint density at radius 1 is 0.909 bits per heavy atom. The number of urea groups is 1. The number of hydrogen-bond acceptors (Lipinski definition) is 1. The second-order valence-corrected chi connectivity index (χ2v) is 5.42. The maximum atomic E-state index is 11.8. The topological polar surface area (TPSA) is 41.1 Å². The predicted molar refractivity (Wildman–Crippen MR) is 92.2 cm³/mol. The number of amides is 2. The van der Waals surface area contributed by atoms with Crippen LogP contribution in [0.2, 0.25) is 0 Å². The van der Waals surface area contributed by atoms with E-state index < -0.39 is 0 Å². The molecule has 2 aromatic carbocycles. The molecule has 2 aromatic rings. The molecule has 2 rings (SSSR count). The van der Waals surface area contributed by atoms with Crippen molar-refractivity contribution in [2.24, 2.45) is 0 Å². The minimum atomic E-state index is -0.155. The van der Waals surface area contributed by atoms with Crippen molar-refractivity contribution in [2.45, 2.75) is 32.6 Å². The SMILES string of the molecule is CCCCc1ccc(NC(=O)NCCc2ccccc2)cc1. The van der Waals surface area contributed by atoms with E-state index in [1.54, 1.807) is 0 Å². The number of anilines is 1. The van der Waals surface area contributed by atoms with Gasteiger partial charge >= 0.3 is 6.03 Å². The van der Waals surface area contributed by atoms with Gasteiger partial charge in [0.1, 0.15) is 0 Å². The van der Waals surface area contributed by atoms with Crippen molar-refractivity contribution >= 4 is 11.7 Å². The van der Waals surface area contributed by atoms with Crippen molar-refractivity contribution in [1.82, 2.24) is 5.32 Å². The van der Waals surface area contributed by atoms with Crippen molar-refractivity contribution in [1.29, 1.82) is 0 Å². The molecule has 3 heteroatoms. The van der Waals surface area contributed by atoms with Crippen LogP contribution in [0, 0.1) is 0 Å². The third-order valence-electron chi connectivity index (χ3n) is 3.57. The summed E-state index contributed by atoms with van der Waals surface area (Å²) in [6.07, 6.45) is 4.33. The Bertz CT molecular complexity index is 564. The second-order valence-electron chi connectivity index (χ2n) is 5.42. The van der Waals surface area contributed by atoms with Gasteiger partial charge in [0.25, 0.3) is 0 Å². The number of hydrogen-bond donors (Lipinski definition) is 2. The van der Waals surface area contributed by atoms with E-state index in [4.69, 9.17) is 0 Å². The normalized spacial score (nSPS) is 10.2.